The van der Waals surface area contributed by atoms with E-state index in [9.17, 15) is 0 Å². The first kappa shape index (κ1) is 21.0. The van der Waals surface area contributed by atoms with Gasteiger partial charge >= 0.3 is 0 Å². The second kappa shape index (κ2) is 13.3. The van der Waals surface area contributed by atoms with Crippen molar-refractivity contribution in [3.8, 4) is 0 Å². The molecule has 0 aromatic carbocycles. The maximum Gasteiger partial charge on any atom is 0.0912 e. The standard InChI is InChI=1S/C21H31N3S/c1-4-6-11-20(10-5-2)12-7-15-23-19(3)24-16-8-13-21-14-9-17-25(22)18-21/h4-6,9-11,14,17-18,23-24H,1-3,7-8,12-13,15-16,22H2/b11-6-,20-10+. The van der Waals surface area contributed by atoms with Crippen molar-refractivity contribution < 1.29 is 0 Å². The van der Waals surface area contributed by atoms with E-state index < -0.39 is 0 Å². The Hall–Kier alpha value is -2.04. The van der Waals surface area contributed by atoms with Gasteiger partial charge in [0.25, 0.3) is 0 Å². The third kappa shape index (κ3) is 10.4. The summed E-state index contributed by atoms with van der Waals surface area (Å²) in [5.41, 5.74) is 2.57. The predicted octanol–water partition coefficient (Wildman–Crippen LogP) is 4.45. The van der Waals surface area contributed by atoms with Gasteiger partial charge in [-0.15, -0.1) is 0 Å². The van der Waals surface area contributed by atoms with Gasteiger partial charge in [-0.25, -0.2) is 0 Å². The van der Waals surface area contributed by atoms with Gasteiger partial charge in [-0.3, -0.25) is 5.14 Å². The molecule has 1 unspecified atom stereocenters. The summed E-state index contributed by atoms with van der Waals surface area (Å²) in [4.78, 5) is 0. The minimum absolute atomic E-state index is 0.193. The summed E-state index contributed by atoms with van der Waals surface area (Å²) in [6, 6.07) is 0. The maximum absolute atomic E-state index is 5.90. The minimum Gasteiger partial charge on any atom is -0.372 e. The molecule has 0 spiro atoms. The van der Waals surface area contributed by atoms with Crippen molar-refractivity contribution in [1.29, 1.82) is 0 Å². The van der Waals surface area contributed by atoms with E-state index in [1.54, 1.807) is 6.08 Å². The molecule has 0 radical (unpaired) electrons. The Balaban J connectivity index is 2.12. The van der Waals surface area contributed by atoms with Gasteiger partial charge in [0.15, 0.2) is 0 Å². The van der Waals surface area contributed by atoms with Crippen LogP contribution in [0, 0.1) is 0 Å². The fraction of sp³-hybridized carbons (Fsp3) is 0.286. The van der Waals surface area contributed by atoms with Gasteiger partial charge in [0.2, 0.25) is 0 Å². The van der Waals surface area contributed by atoms with Gasteiger partial charge in [0, 0.05) is 13.1 Å². The first-order valence-electron chi connectivity index (χ1n) is 8.61. The lowest BCUT2D eigenvalue weighted by Crippen LogP contribution is -2.27. The fourth-order valence-corrected chi connectivity index (χ4v) is 3.23. The average Bonchev–Trinajstić information content (AvgIpc) is 2.60. The van der Waals surface area contributed by atoms with E-state index in [-0.39, 0.29) is 10.7 Å². The van der Waals surface area contributed by atoms with E-state index >= 15 is 0 Å². The Kier molecular flexibility index (Phi) is 11.2. The Morgan fingerprint density at radius 2 is 1.92 bits per heavy atom. The zero-order valence-electron chi connectivity index (χ0n) is 15.0. The molecule has 0 saturated heterocycles. The summed E-state index contributed by atoms with van der Waals surface area (Å²) in [5.74, 6) is 0.885. The zero-order chi connectivity index (χ0) is 18.3. The van der Waals surface area contributed by atoms with E-state index in [4.69, 9.17) is 5.14 Å². The molecule has 0 aromatic heterocycles. The van der Waals surface area contributed by atoms with Crippen molar-refractivity contribution in [3.05, 3.63) is 84.6 Å². The molecule has 4 N–H and O–H groups in total. The molecule has 0 amide bonds. The van der Waals surface area contributed by atoms with Crippen LogP contribution in [0.25, 0.3) is 0 Å². The zero-order valence-corrected chi connectivity index (χ0v) is 15.9. The summed E-state index contributed by atoms with van der Waals surface area (Å²) < 4.78 is 0. The van der Waals surface area contributed by atoms with Crippen LogP contribution < -0.4 is 15.8 Å². The first-order chi connectivity index (χ1) is 12.2. The Morgan fingerprint density at radius 1 is 1.16 bits per heavy atom. The largest absolute Gasteiger partial charge is 0.372 e. The third-order valence-corrected chi connectivity index (χ3v) is 4.62. The molecule has 1 heterocycles. The van der Waals surface area contributed by atoms with Crippen LogP contribution in [-0.2, 0) is 0 Å². The summed E-state index contributed by atoms with van der Waals surface area (Å²) in [6.07, 6.45) is 18.0. The molecule has 1 aliphatic heterocycles. The van der Waals surface area contributed by atoms with Crippen LogP contribution in [0.5, 0.6) is 0 Å². The Labute approximate surface area is 155 Å². The Morgan fingerprint density at radius 3 is 2.60 bits per heavy atom. The van der Waals surface area contributed by atoms with Crippen LogP contribution in [0.4, 0.5) is 0 Å². The maximum atomic E-state index is 5.90. The van der Waals surface area contributed by atoms with E-state index in [2.05, 4.69) is 47.9 Å². The van der Waals surface area contributed by atoms with Crippen molar-refractivity contribution in [3.63, 3.8) is 0 Å². The van der Waals surface area contributed by atoms with Gasteiger partial charge in [0.1, 0.15) is 0 Å². The highest BCUT2D eigenvalue weighted by Gasteiger charge is 1.99. The van der Waals surface area contributed by atoms with Crippen LogP contribution in [0.2, 0.25) is 0 Å². The molecular formula is C21H31N3S. The lowest BCUT2D eigenvalue weighted by Gasteiger charge is -2.13. The molecule has 136 valence electrons. The summed E-state index contributed by atoms with van der Waals surface area (Å²) in [7, 11) is -0.193. The summed E-state index contributed by atoms with van der Waals surface area (Å²) in [5, 5.41) is 16.7. The number of nitrogens with one attached hydrogen (secondary N) is 2. The second-order valence-corrected chi connectivity index (χ2v) is 7.03. The highest BCUT2D eigenvalue weighted by atomic mass is 32.2. The van der Waals surface area contributed by atoms with Crippen molar-refractivity contribution in [2.45, 2.75) is 25.7 Å². The van der Waals surface area contributed by atoms with Crippen LogP contribution in [0.3, 0.4) is 0 Å². The molecule has 1 rings (SSSR count). The fourth-order valence-electron chi connectivity index (χ4n) is 2.34. The SMILES string of the molecule is C=C/C=C\C(=C/C=C)CCCNC(=C)NCCCC1=CC=CS(N)=C1. The van der Waals surface area contributed by atoms with Crippen molar-refractivity contribution in [2.75, 3.05) is 13.1 Å². The average molecular weight is 358 g/mol. The third-order valence-electron chi connectivity index (χ3n) is 3.57. The van der Waals surface area contributed by atoms with Crippen molar-refractivity contribution in [2.24, 2.45) is 5.14 Å². The molecule has 1 atom stereocenters. The van der Waals surface area contributed by atoms with Crippen LogP contribution >= 0.6 is 10.7 Å². The highest BCUT2D eigenvalue weighted by molar-refractivity contribution is 8.15. The molecule has 0 bridgehead atoms. The van der Waals surface area contributed by atoms with E-state index in [0.29, 0.717) is 0 Å². The van der Waals surface area contributed by atoms with Crippen LogP contribution in [-0.4, -0.2) is 18.5 Å². The van der Waals surface area contributed by atoms with Gasteiger partial charge in [-0.1, -0.05) is 72.9 Å². The predicted molar refractivity (Wildman–Crippen MR) is 116 cm³/mol. The lowest BCUT2D eigenvalue weighted by atomic mass is 10.1. The normalized spacial score (nSPS) is 16.9. The second-order valence-electron chi connectivity index (χ2n) is 5.71. The first-order valence-corrected chi connectivity index (χ1v) is 10.0. The van der Waals surface area contributed by atoms with Gasteiger partial charge in [-0.2, -0.15) is 0 Å². The molecule has 3 nitrogen and oxygen atoms in total. The van der Waals surface area contributed by atoms with Crippen molar-refractivity contribution >= 4 is 16.0 Å². The topological polar surface area (TPSA) is 50.1 Å². The molecule has 0 saturated carbocycles. The molecule has 0 aromatic rings. The van der Waals surface area contributed by atoms with E-state index in [0.717, 1.165) is 44.6 Å². The number of nitrogens with two attached hydrogens (primary N) is 1. The summed E-state index contributed by atoms with van der Waals surface area (Å²) in [6.45, 7) is 13.3. The Bertz CT molecular complexity index is 607. The van der Waals surface area contributed by atoms with Crippen LogP contribution in [0.15, 0.2) is 84.6 Å². The smallest absolute Gasteiger partial charge is 0.0912 e. The number of hydrogen-bond acceptors (Lipinski definition) is 3. The molecule has 25 heavy (non-hydrogen) atoms. The minimum atomic E-state index is -0.193. The van der Waals surface area contributed by atoms with Gasteiger partial charge < -0.3 is 10.6 Å². The molecule has 0 aliphatic carbocycles. The highest BCUT2D eigenvalue weighted by Crippen LogP contribution is 2.14. The quantitative estimate of drug-likeness (QED) is 0.259. The van der Waals surface area contributed by atoms with E-state index in [1.165, 1.54) is 11.1 Å². The van der Waals surface area contributed by atoms with Crippen LogP contribution in [0.1, 0.15) is 25.7 Å². The number of hydrogen-bond donors (Lipinski definition) is 3. The molecular weight excluding hydrogens is 326 g/mol. The number of allylic oxidation sites excluding steroid dienone is 9. The van der Waals surface area contributed by atoms with Gasteiger partial charge in [0.05, 0.1) is 5.82 Å². The van der Waals surface area contributed by atoms with Crippen molar-refractivity contribution in [1.82, 2.24) is 10.6 Å². The number of rotatable bonds is 13. The van der Waals surface area contributed by atoms with E-state index in [1.807, 2.05) is 29.7 Å². The summed E-state index contributed by atoms with van der Waals surface area (Å²) >= 11 is 0. The molecule has 0 fully saturated rings. The van der Waals surface area contributed by atoms with Gasteiger partial charge in [-0.05, 0) is 47.6 Å². The molecule has 1 aliphatic rings. The monoisotopic (exact) mass is 357 g/mol. The lowest BCUT2D eigenvalue weighted by molar-refractivity contribution is 0.640. The molecule has 4 heteroatoms.